The third-order valence-corrected chi connectivity index (χ3v) is 3.51. The fraction of sp³-hybridized carbons (Fsp3) is 0.235. The topological polar surface area (TPSA) is 68.9 Å². The van der Waals surface area contributed by atoms with E-state index >= 15 is 0 Å². The van der Waals surface area contributed by atoms with Gasteiger partial charge in [-0.2, -0.15) is 0 Å². The monoisotopic (exact) mass is 277 g/mol. The minimum Gasteiger partial charge on any atom is -0.396 e. The molecule has 21 heavy (non-hydrogen) atoms. The molecular weight excluding hydrogens is 262 g/mol. The van der Waals surface area contributed by atoms with Crippen LogP contribution < -0.4 is 5.73 Å². The Morgan fingerprint density at radius 2 is 2.14 bits per heavy atom. The highest BCUT2D eigenvalue weighted by Gasteiger charge is 2.23. The maximum atomic E-state index is 12.1. The molecule has 0 bridgehead atoms. The summed E-state index contributed by atoms with van der Waals surface area (Å²) in [5, 5.41) is 0. The molecule has 3 rings (SSSR count). The van der Waals surface area contributed by atoms with Gasteiger partial charge in [0.05, 0.1) is 11.4 Å². The number of nitrogens with zero attached hydrogens (tertiary/aromatic N) is 2. The highest BCUT2D eigenvalue weighted by molar-refractivity contribution is 5.98. The summed E-state index contributed by atoms with van der Waals surface area (Å²) in [6.07, 6.45) is 4.79. The van der Waals surface area contributed by atoms with Crippen molar-refractivity contribution in [2.75, 3.05) is 5.73 Å². The van der Waals surface area contributed by atoms with E-state index < -0.39 is 0 Å². The van der Waals surface area contributed by atoms with E-state index in [1.807, 2.05) is 6.07 Å². The van der Waals surface area contributed by atoms with Crippen molar-refractivity contribution in [3.8, 4) is 11.8 Å². The van der Waals surface area contributed by atoms with Crippen LogP contribution in [0.15, 0.2) is 30.6 Å². The van der Waals surface area contributed by atoms with Gasteiger partial charge in [0.15, 0.2) is 5.78 Å². The molecule has 0 aromatic carbocycles. The minimum atomic E-state index is 0.150. The van der Waals surface area contributed by atoms with E-state index in [0.29, 0.717) is 34.8 Å². The fourth-order valence-electron chi connectivity index (χ4n) is 2.45. The number of Topliss-reactive ketones (excluding diaryl/α,β-unsaturated/α-hetero) is 1. The molecule has 1 aliphatic rings. The normalized spacial score (nSPS) is 16.8. The van der Waals surface area contributed by atoms with Gasteiger partial charge in [0.25, 0.3) is 0 Å². The molecule has 4 heteroatoms. The van der Waals surface area contributed by atoms with Gasteiger partial charge in [0.2, 0.25) is 0 Å². The maximum absolute atomic E-state index is 12.1. The van der Waals surface area contributed by atoms with Crippen molar-refractivity contribution in [3.05, 3.63) is 53.1 Å². The van der Waals surface area contributed by atoms with E-state index in [1.165, 1.54) is 0 Å². The van der Waals surface area contributed by atoms with Crippen molar-refractivity contribution < 1.29 is 4.79 Å². The zero-order chi connectivity index (χ0) is 14.8. The molecule has 1 aliphatic carbocycles. The Morgan fingerprint density at radius 1 is 1.29 bits per heavy atom. The van der Waals surface area contributed by atoms with Crippen molar-refractivity contribution in [1.82, 2.24) is 9.97 Å². The van der Waals surface area contributed by atoms with Gasteiger partial charge in [0.1, 0.15) is 5.69 Å². The lowest BCUT2D eigenvalue weighted by molar-refractivity contribution is 0.0952. The fourth-order valence-corrected chi connectivity index (χ4v) is 2.45. The quantitative estimate of drug-likeness (QED) is 0.750. The number of carbonyl (C=O) groups is 1. The van der Waals surface area contributed by atoms with Gasteiger partial charge in [0, 0.05) is 29.9 Å². The van der Waals surface area contributed by atoms with E-state index in [9.17, 15) is 4.79 Å². The molecule has 0 saturated carbocycles. The standard InChI is InChI=1S/C17H15N3O/c1-11-7-16-13(17(21)8-11)9-12(10-20-16)4-5-15-14(18)3-2-6-19-15/h2-3,6,9-11H,7-8,18H2,1H3. The molecule has 0 amide bonds. The minimum absolute atomic E-state index is 0.150. The van der Waals surface area contributed by atoms with E-state index in [1.54, 1.807) is 24.5 Å². The lowest BCUT2D eigenvalue weighted by atomic mass is 9.87. The van der Waals surface area contributed by atoms with Gasteiger partial charge >= 0.3 is 0 Å². The third-order valence-electron chi connectivity index (χ3n) is 3.51. The van der Waals surface area contributed by atoms with Gasteiger partial charge in [-0.25, -0.2) is 4.98 Å². The van der Waals surface area contributed by atoms with Crippen LogP contribution in [-0.2, 0) is 6.42 Å². The van der Waals surface area contributed by atoms with Crippen LogP contribution in [0.2, 0.25) is 0 Å². The molecule has 2 aromatic rings. The first-order chi connectivity index (χ1) is 10.1. The maximum Gasteiger partial charge on any atom is 0.165 e. The molecule has 2 aromatic heterocycles. The predicted octanol–water partition coefficient (Wildman–Crippen LogP) is 2.22. The van der Waals surface area contributed by atoms with Crippen molar-refractivity contribution in [1.29, 1.82) is 0 Å². The Balaban J connectivity index is 1.94. The molecule has 104 valence electrons. The van der Waals surface area contributed by atoms with Gasteiger partial charge in [-0.15, -0.1) is 0 Å². The lowest BCUT2D eigenvalue weighted by Gasteiger charge is -2.19. The molecule has 0 saturated heterocycles. The Bertz CT molecular complexity index is 771. The zero-order valence-electron chi connectivity index (χ0n) is 11.8. The van der Waals surface area contributed by atoms with Crippen LogP contribution in [0.25, 0.3) is 0 Å². The molecular formula is C17H15N3O. The van der Waals surface area contributed by atoms with Crippen LogP contribution in [0.4, 0.5) is 5.69 Å². The van der Waals surface area contributed by atoms with E-state index in [4.69, 9.17) is 5.73 Å². The van der Waals surface area contributed by atoms with Gasteiger partial charge in [-0.1, -0.05) is 12.8 Å². The average Bonchev–Trinajstić information content (AvgIpc) is 2.46. The van der Waals surface area contributed by atoms with Crippen LogP contribution in [0.1, 0.15) is 40.7 Å². The van der Waals surface area contributed by atoms with Crippen LogP contribution in [0, 0.1) is 17.8 Å². The summed E-state index contributed by atoms with van der Waals surface area (Å²) in [5.41, 5.74) is 9.17. The lowest BCUT2D eigenvalue weighted by Crippen LogP contribution is -2.19. The predicted molar refractivity (Wildman–Crippen MR) is 80.7 cm³/mol. The largest absolute Gasteiger partial charge is 0.396 e. The first kappa shape index (κ1) is 13.3. The van der Waals surface area contributed by atoms with Crippen LogP contribution >= 0.6 is 0 Å². The summed E-state index contributed by atoms with van der Waals surface area (Å²) < 4.78 is 0. The number of ketones is 1. The van der Waals surface area contributed by atoms with Crippen molar-refractivity contribution >= 4 is 11.5 Å². The number of rotatable bonds is 0. The van der Waals surface area contributed by atoms with Crippen LogP contribution in [-0.4, -0.2) is 15.8 Å². The van der Waals surface area contributed by atoms with Crippen LogP contribution in [0.3, 0.4) is 0 Å². The van der Waals surface area contributed by atoms with E-state index in [2.05, 4.69) is 28.7 Å². The number of nitrogens with two attached hydrogens (primary N) is 1. The van der Waals surface area contributed by atoms with E-state index in [0.717, 1.165) is 12.1 Å². The summed E-state index contributed by atoms with van der Waals surface area (Å²) in [4.78, 5) is 20.6. The second-order valence-electron chi connectivity index (χ2n) is 5.35. The Morgan fingerprint density at radius 3 is 2.95 bits per heavy atom. The first-order valence-electron chi connectivity index (χ1n) is 6.88. The molecule has 0 spiro atoms. The Hall–Kier alpha value is -2.67. The highest BCUT2D eigenvalue weighted by atomic mass is 16.1. The zero-order valence-corrected chi connectivity index (χ0v) is 11.8. The molecule has 4 nitrogen and oxygen atoms in total. The van der Waals surface area contributed by atoms with Gasteiger partial charge < -0.3 is 5.73 Å². The number of carbonyl (C=O) groups excluding carboxylic acids is 1. The molecule has 1 unspecified atom stereocenters. The van der Waals surface area contributed by atoms with Crippen molar-refractivity contribution in [2.24, 2.45) is 5.92 Å². The number of aromatic nitrogens is 2. The van der Waals surface area contributed by atoms with Crippen molar-refractivity contribution in [2.45, 2.75) is 19.8 Å². The first-order valence-corrected chi connectivity index (χ1v) is 6.88. The summed E-state index contributed by atoms with van der Waals surface area (Å²) in [5.74, 6) is 6.41. The molecule has 0 fully saturated rings. The number of hydrogen-bond acceptors (Lipinski definition) is 4. The summed E-state index contributed by atoms with van der Waals surface area (Å²) >= 11 is 0. The second-order valence-corrected chi connectivity index (χ2v) is 5.35. The smallest absolute Gasteiger partial charge is 0.165 e. The average molecular weight is 277 g/mol. The summed E-state index contributed by atoms with van der Waals surface area (Å²) in [6, 6.07) is 5.34. The third kappa shape index (κ3) is 2.77. The number of pyridine rings is 2. The van der Waals surface area contributed by atoms with Gasteiger partial charge in [-0.3, -0.25) is 9.78 Å². The van der Waals surface area contributed by atoms with Gasteiger partial charge in [-0.05, 0) is 36.5 Å². The summed E-state index contributed by atoms with van der Waals surface area (Å²) in [7, 11) is 0. The highest BCUT2D eigenvalue weighted by Crippen LogP contribution is 2.24. The molecule has 2 N–H and O–H groups in total. The Kier molecular flexibility index (Phi) is 3.41. The number of hydrogen-bond donors (Lipinski definition) is 1. The molecule has 0 radical (unpaired) electrons. The number of fused-ring (bicyclic) bond motifs is 1. The molecule has 2 heterocycles. The number of nitrogen functional groups attached to an aromatic ring is 1. The Labute approximate surface area is 123 Å². The molecule has 0 aliphatic heterocycles. The second kappa shape index (κ2) is 5.37. The van der Waals surface area contributed by atoms with E-state index in [-0.39, 0.29) is 5.78 Å². The summed E-state index contributed by atoms with van der Waals surface area (Å²) in [6.45, 7) is 2.07. The number of anilines is 1. The SMILES string of the molecule is CC1CC(=O)c2cc(C#Cc3ncccc3N)cnc2C1. The molecule has 1 atom stereocenters. The van der Waals surface area contributed by atoms with Crippen LogP contribution in [0.5, 0.6) is 0 Å². The van der Waals surface area contributed by atoms with Crippen molar-refractivity contribution in [3.63, 3.8) is 0 Å².